The van der Waals surface area contributed by atoms with Gasteiger partial charge >= 0.3 is 6.18 Å². The minimum atomic E-state index is -4.46. The Morgan fingerprint density at radius 2 is 1.89 bits per heavy atom. The monoisotopic (exact) mass is 485 g/mol. The predicted molar refractivity (Wildman–Crippen MR) is 122 cm³/mol. The zero-order chi connectivity index (χ0) is 24.6. The van der Waals surface area contributed by atoms with Crippen LogP contribution < -0.4 is 15.1 Å². The summed E-state index contributed by atoms with van der Waals surface area (Å²) in [6.45, 7) is 1.81. The highest BCUT2D eigenvalue weighted by molar-refractivity contribution is 5.82. The fourth-order valence-corrected chi connectivity index (χ4v) is 4.88. The topological polar surface area (TPSA) is 61.4 Å². The van der Waals surface area contributed by atoms with E-state index in [0.29, 0.717) is 31.0 Å². The number of carbonyl (C=O) groups is 1. The van der Waals surface area contributed by atoms with Crippen molar-refractivity contribution in [1.29, 1.82) is 0 Å². The van der Waals surface area contributed by atoms with Gasteiger partial charge in [0.15, 0.2) is 0 Å². The van der Waals surface area contributed by atoms with Crippen molar-refractivity contribution in [2.75, 3.05) is 29.4 Å². The molecular weight excluding hydrogens is 462 g/mol. The van der Waals surface area contributed by atoms with Crippen LogP contribution in [0.5, 0.6) is 0 Å². The fraction of sp³-hybridized carbons (Fsp3) is 0.320. The SMILES string of the molecule is O=C(NCc1ccc(F)cc1)C1Cc2cc(C(F)(F)F)ccc2N2CCN(c3cnccn3)CC12. The molecule has 1 fully saturated rings. The van der Waals surface area contributed by atoms with E-state index in [2.05, 4.69) is 15.3 Å². The first-order valence-electron chi connectivity index (χ1n) is 11.3. The van der Waals surface area contributed by atoms with Crippen LogP contribution in [0.25, 0.3) is 0 Å². The van der Waals surface area contributed by atoms with Gasteiger partial charge in [-0.1, -0.05) is 12.1 Å². The molecule has 0 spiro atoms. The van der Waals surface area contributed by atoms with Crippen molar-refractivity contribution in [3.63, 3.8) is 0 Å². The number of aromatic nitrogens is 2. The van der Waals surface area contributed by atoms with E-state index in [1.165, 1.54) is 18.2 Å². The van der Waals surface area contributed by atoms with Crippen LogP contribution in [0.15, 0.2) is 61.1 Å². The highest BCUT2D eigenvalue weighted by atomic mass is 19.4. The molecular formula is C25H23F4N5O. The molecule has 3 heterocycles. The predicted octanol–water partition coefficient (Wildman–Crippen LogP) is 3.82. The lowest BCUT2D eigenvalue weighted by atomic mass is 9.82. The van der Waals surface area contributed by atoms with Gasteiger partial charge in [0, 0.05) is 44.3 Å². The second-order valence-electron chi connectivity index (χ2n) is 8.77. The van der Waals surface area contributed by atoms with Crippen LogP contribution in [0, 0.1) is 11.7 Å². The Labute approximate surface area is 199 Å². The highest BCUT2D eigenvalue weighted by Gasteiger charge is 2.43. The molecule has 2 aliphatic rings. The first-order valence-corrected chi connectivity index (χ1v) is 11.3. The number of fused-ring (bicyclic) bond motifs is 3. The number of rotatable bonds is 4. The van der Waals surface area contributed by atoms with Crippen LogP contribution >= 0.6 is 0 Å². The van der Waals surface area contributed by atoms with Gasteiger partial charge in [-0.3, -0.25) is 9.78 Å². The molecule has 182 valence electrons. The molecule has 0 radical (unpaired) electrons. The molecule has 2 aliphatic heterocycles. The van der Waals surface area contributed by atoms with Gasteiger partial charge in [-0.2, -0.15) is 13.2 Å². The Morgan fingerprint density at radius 1 is 1.09 bits per heavy atom. The summed E-state index contributed by atoms with van der Waals surface area (Å²) in [4.78, 5) is 25.9. The molecule has 2 unspecified atom stereocenters. The summed E-state index contributed by atoms with van der Waals surface area (Å²) >= 11 is 0. The molecule has 1 saturated heterocycles. The molecule has 1 aromatic heterocycles. The number of alkyl halides is 3. The van der Waals surface area contributed by atoms with Gasteiger partial charge in [0.25, 0.3) is 0 Å². The normalized spacial score (nSPS) is 19.7. The quantitative estimate of drug-likeness (QED) is 0.570. The van der Waals surface area contributed by atoms with E-state index >= 15 is 0 Å². The molecule has 35 heavy (non-hydrogen) atoms. The largest absolute Gasteiger partial charge is 0.416 e. The molecule has 0 saturated carbocycles. The van der Waals surface area contributed by atoms with Gasteiger partial charge in [-0.25, -0.2) is 9.37 Å². The second kappa shape index (κ2) is 9.16. The summed E-state index contributed by atoms with van der Waals surface area (Å²) in [5, 5.41) is 2.89. The maximum absolute atomic E-state index is 13.4. The van der Waals surface area contributed by atoms with Gasteiger partial charge in [0.2, 0.25) is 5.91 Å². The van der Waals surface area contributed by atoms with E-state index in [1.54, 1.807) is 30.7 Å². The molecule has 10 heteroatoms. The molecule has 3 aromatic rings. The van der Waals surface area contributed by atoms with Crippen molar-refractivity contribution in [3.05, 3.63) is 83.6 Å². The van der Waals surface area contributed by atoms with E-state index < -0.39 is 17.7 Å². The molecule has 0 bridgehead atoms. The van der Waals surface area contributed by atoms with Crippen LogP contribution in [0.1, 0.15) is 16.7 Å². The number of nitrogens with zero attached hydrogens (tertiary/aromatic N) is 4. The Morgan fingerprint density at radius 3 is 2.60 bits per heavy atom. The Balaban J connectivity index is 1.43. The average molecular weight is 485 g/mol. The van der Waals surface area contributed by atoms with Crippen molar-refractivity contribution in [1.82, 2.24) is 15.3 Å². The molecule has 5 rings (SSSR count). The highest BCUT2D eigenvalue weighted by Crippen LogP contribution is 2.40. The molecule has 2 atom stereocenters. The van der Waals surface area contributed by atoms with E-state index in [4.69, 9.17) is 0 Å². The van der Waals surface area contributed by atoms with Crippen LogP contribution in [0.3, 0.4) is 0 Å². The van der Waals surface area contributed by atoms with Gasteiger partial charge in [0.1, 0.15) is 11.6 Å². The van der Waals surface area contributed by atoms with Crippen LogP contribution in [-0.2, 0) is 23.9 Å². The number of hydrogen-bond acceptors (Lipinski definition) is 5. The van der Waals surface area contributed by atoms with Crippen molar-refractivity contribution in [3.8, 4) is 0 Å². The number of carbonyl (C=O) groups excluding carboxylic acids is 1. The van der Waals surface area contributed by atoms with Gasteiger partial charge in [-0.05, 0) is 47.9 Å². The second-order valence-corrected chi connectivity index (χ2v) is 8.77. The maximum atomic E-state index is 13.4. The number of amides is 1. The number of hydrogen-bond donors (Lipinski definition) is 1. The fourth-order valence-electron chi connectivity index (χ4n) is 4.88. The minimum absolute atomic E-state index is 0.185. The van der Waals surface area contributed by atoms with Crippen molar-refractivity contribution >= 4 is 17.4 Å². The van der Waals surface area contributed by atoms with Crippen molar-refractivity contribution < 1.29 is 22.4 Å². The van der Waals surface area contributed by atoms with Crippen molar-refractivity contribution in [2.24, 2.45) is 5.92 Å². The number of benzene rings is 2. The zero-order valence-electron chi connectivity index (χ0n) is 18.7. The smallest absolute Gasteiger partial charge is 0.364 e. The summed E-state index contributed by atoms with van der Waals surface area (Å²) in [5.74, 6) is -0.512. The van der Waals surface area contributed by atoms with E-state index in [9.17, 15) is 22.4 Å². The van der Waals surface area contributed by atoms with Crippen LogP contribution in [0.4, 0.5) is 29.1 Å². The summed E-state index contributed by atoms with van der Waals surface area (Å²) in [6.07, 6.45) is 0.566. The zero-order valence-corrected chi connectivity index (χ0v) is 18.7. The molecule has 6 nitrogen and oxygen atoms in total. The summed E-state index contributed by atoms with van der Waals surface area (Å²) in [5.41, 5.74) is 1.24. The number of anilines is 2. The third-order valence-corrected chi connectivity index (χ3v) is 6.63. The minimum Gasteiger partial charge on any atom is -0.364 e. The number of halogens is 4. The van der Waals surface area contributed by atoms with Gasteiger partial charge in [-0.15, -0.1) is 0 Å². The van der Waals surface area contributed by atoms with Crippen LogP contribution in [0.2, 0.25) is 0 Å². The first-order chi connectivity index (χ1) is 16.8. The Bertz CT molecular complexity index is 1200. The maximum Gasteiger partial charge on any atom is 0.416 e. The number of piperazine rings is 1. The standard InChI is InChI=1S/C25H23F4N5O/c26-19-4-1-16(2-5-19)13-32-24(35)20-12-17-11-18(25(27,28)29)3-6-21(17)34-10-9-33(15-22(20)34)23-14-30-7-8-31-23/h1-8,11,14,20,22H,9-10,12-13,15H2,(H,32,35). The molecule has 2 aromatic carbocycles. The summed E-state index contributed by atoms with van der Waals surface area (Å²) in [7, 11) is 0. The first kappa shape index (κ1) is 23.1. The van der Waals surface area contributed by atoms with Gasteiger partial charge in [0.05, 0.1) is 23.7 Å². The van der Waals surface area contributed by atoms with Crippen LogP contribution in [-0.4, -0.2) is 41.6 Å². The van der Waals surface area contributed by atoms with E-state index in [0.717, 1.165) is 23.4 Å². The summed E-state index contributed by atoms with van der Waals surface area (Å²) in [6, 6.07) is 9.31. The third kappa shape index (κ3) is 4.78. The summed E-state index contributed by atoms with van der Waals surface area (Å²) < 4.78 is 53.4. The van der Waals surface area contributed by atoms with E-state index in [-0.39, 0.29) is 30.7 Å². The number of nitrogens with one attached hydrogen (secondary N) is 1. The average Bonchev–Trinajstić information content (AvgIpc) is 2.87. The lowest BCUT2D eigenvalue weighted by molar-refractivity contribution is -0.137. The molecule has 1 N–H and O–H groups in total. The van der Waals surface area contributed by atoms with E-state index in [1.807, 2.05) is 9.80 Å². The Kier molecular flexibility index (Phi) is 6.04. The third-order valence-electron chi connectivity index (χ3n) is 6.63. The molecule has 0 aliphatic carbocycles. The van der Waals surface area contributed by atoms with Crippen molar-refractivity contribution in [2.45, 2.75) is 25.2 Å². The Hall–Kier alpha value is -3.69. The lowest BCUT2D eigenvalue weighted by Crippen LogP contribution is -2.61. The van der Waals surface area contributed by atoms with Gasteiger partial charge < -0.3 is 15.1 Å². The lowest BCUT2D eigenvalue weighted by Gasteiger charge is -2.49. The molecule has 1 amide bonds.